The van der Waals surface area contributed by atoms with Crippen LogP contribution < -0.4 is 10.5 Å². The van der Waals surface area contributed by atoms with Gasteiger partial charge in [-0.2, -0.15) is 13.2 Å². The van der Waals surface area contributed by atoms with Gasteiger partial charge in [-0.15, -0.1) is 0 Å². The summed E-state index contributed by atoms with van der Waals surface area (Å²) in [5.41, 5.74) is 5.18. The summed E-state index contributed by atoms with van der Waals surface area (Å²) in [5.74, 6) is 0.473. The van der Waals surface area contributed by atoms with Gasteiger partial charge in [-0.3, -0.25) is 0 Å². The monoisotopic (exact) mass is 233 g/mol. The summed E-state index contributed by atoms with van der Waals surface area (Å²) in [5, 5.41) is 0. The van der Waals surface area contributed by atoms with Crippen molar-refractivity contribution in [2.45, 2.75) is 19.5 Å². The van der Waals surface area contributed by atoms with Crippen molar-refractivity contribution in [3.63, 3.8) is 0 Å². The number of nitrogens with two attached hydrogens (primary N) is 1. The SMILES string of the molecule is CCOc1ccc(C(F)(F)F)cc1CCN. The Bertz CT molecular complexity index is 350. The van der Waals surface area contributed by atoms with Crippen molar-refractivity contribution in [3.05, 3.63) is 29.3 Å². The third kappa shape index (κ3) is 3.13. The van der Waals surface area contributed by atoms with Crippen molar-refractivity contribution in [2.24, 2.45) is 5.73 Å². The third-order valence-electron chi connectivity index (χ3n) is 2.10. The zero-order valence-electron chi connectivity index (χ0n) is 8.97. The number of rotatable bonds is 4. The minimum absolute atomic E-state index is 0.293. The average molecular weight is 233 g/mol. The van der Waals surface area contributed by atoms with Crippen LogP contribution in [0.25, 0.3) is 0 Å². The van der Waals surface area contributed by atoms with Gasteiger partial charge in [-0.1, -0.05) is 0 Å². The lowest BCUT2D eigenvalue weighted by Gasteiger charge is -2.13. The highest BCUT2D eigenvalue weighted by Crippen LogP contribution is 2.32. The Labute approximate surface area is 92.2 Å². The van der Waals surface area contributed by atoms with E-state index in [0.29, 0.717) is 30.9 Å². The lowest BCUT2D eigenvalue weighted by atomic mass is 10.1. The lowest BCUT2D eigenvalue weighted by molar-refractivity contribution is -0.137. The number of hydrogen-bond donors (Lipinski definition) is 1. The molecule has 0 amide bonds. The fourth-order valence-corrected chi connectivity index (χ4v) is 1.40. The van der Waals surface area contributed by atoms with Crippen molar-refractivity contribution < 1.29 is 17.9 Å². The Morgan fingerprint density at radius 1 is 1.31 bits per heavy atom. The second-order valence-electron chi connectivity index (χ2n) is 3.29. The van der Waals surface area contributed by atoms with Crippen molar-refractivity contribution >= 4 is 0 Å². The quantitative estimate of drug-likeness (QED) is 0.867. The molecule has 0 radical (unpaired) electrons. The van der Waals surface area contributed by atoms with E-state index in [9.17, 15) is 13.2 Å². The van der Waals surface area contributed by atoms with Gasteiger partial charge >= 0.3 is 6.18 Å². The number of benzene rings is 1. The molecule has 1 rings (SSSR count). The van der Waals surface area contributed by atoms with Crippen LogP contribution >= 0.6 is 0 Å². The fourth-order valence-electron chi connectivity index (χ4n) is 1.40. The van der Waals surface area contributed by atoms with Gasteiger partial charge in [0.2, 0.25) is 0 Å². The van der Waals surface area contributed by atoms with Crippen LogP contribution in [0.2, 0.25) is 0 Å². The largest absolute Gasteiger partial charge is 0.494 e. The molecule has 0 aliphatic carbocycles. The third-order valence-corrected chi connectivity index (χ3v) is 2.10. The van der Waals surface area contributed by atoms with E-state index < -0.39 is 11.7 Å². The van der Waals surface area contributed by atoms with E-state index in [0.717, 1.165) is 12.1 Å². The van der Waals surface area contributed by atoms with Crippen LogP contribution in [-0.2, 0) is 12.6 Å². The van der Waals surface area contributed by atoms with Crippen molar-refractivity contribution in [1.29, 1.82) is 0 Å². The molecule has 0 aromatic heterocycles. The fraction of sp³-hybridized carbons (Fsp3) is 0.455. The molecule has 0 saturated carbocycles. The minimum atomic E-state index is -4.33. The number of halogens is 3. The topological polar surface area (TPSA) is 35.2 Å². The standard InChI is InChI=1S/C11H14F3NO/c1-2-16-10-4-3-9(11(12,13)14)7-8(10)5-6-15/h3-4,7H,2,5-6,15H2,1H3. The molecule has 0 atom stereocenters. The zero-order valence-corrected chi connectivity index (χ0v) is 8.97. The van der Waals surface area contributed by atoms with Crippen LogP contribution in [0, 0.1) is 0 Å². The first-order chi connectivity index (χ1) is 7.49. The molecule has 5 heteroatoms. The Morgan fingerprint density at radius 2 is 2.00 bits per heavy atom. The average Bonchev–Trinajstić information content (AvgIpc) is 2.19. The highest BCUT2D eigenvalue weighted by Gasteiger charge is 2.30. The molecule has 2 nitrogen and oxygen atoms in total. The van der Waals surface area contributed by atoms with E-state index in [2.05, 4.69) is 0 Å². The predicted molar refractivity (Wildman–Crippen MR) is 55.4 cm³/mol. The van der Waals surface area contributed by atoms with Crippen molar-refractivity contribution in [1.82, 2.24) is 0 Å². The molecule has 0 aliphatic rings. The molecule has 0 heterocycles. The normalized spacial score (nSPS) is 11.6. The molecule has 0 spiro atoms. The van der Waals surface area contributed by atoms with E-state index in [-0.39, 0.29) is 0 Å². The second kappa shape index (κ2) is 5.21. The van der Waals surface area contributed by atoms with E-state index in [1.165, 1.54) is 6.07 Å². The molecule has 0 unspecified atom stereocenters. The Morgan fingerprint density at radius 3 is 2.50 bits per heavy atom. The van der Waals surface area contributed by atoms with Crippen LogP contribution in [0.4, 0.5) is 13.2 Å². The molecule has 16 heavy (non-hydrogen) atoms. The highest BCUT2D eigenvalue weighted by molar-refractivity contribution is 5.38. The molecule has 0 aliphatic heterocycles. The number of ether oxygens (including phenoxy) is 1. The van der Waals surface area contributed by atoms with E-state index in [1.54, 1.807) is 6.92 Å². The van der Waals surface area contributed by atoms with Gasteiger partial charge in [0.25, 0.3) is 0 Å². The van der Waals surface area contributed by atoms with E-state index >= 15 is 0 Å². The number of alkyl halides is 3. The maximum Gasteiger partial charge on any atom is 0.416 e. The molecular weight excluding hydrogens is 219 g/mol. The van der Waals surface area contributed by atoms with Crippen LogP contribution in [0.1, 0.15) is 18.1 Å². The summed E-state index contributed by atoms with van der Waals surface area (Å²) < 4.78 is 42.6. The van der Waals surface area contributed by atoms with Crippen LogP contribution in [-0.4, -0.2) is 13.2 Å². The van der Waals surface area contributed by atoms with Gasteiger partial charge in [0, 0.05) is 0 Å². The van der Waals surface area contributed by atoms with E-state index in [4.69, 9.17) is 10.5 Å². The molecule has 2 N–H and O–H groups in total. The maximum atomic E-state index is 12.5. The summed E-state index contributed by atoms with van der Waals surface area (Å²) in [6.45, 7) is 2.49. The first-order valence-corrected chi connectivity index (χ1v) is 5.02. The lowest BCUT2D eigenvalue weighted by Crippen LogP contribution is -2.09. The van der Waals surface area contributed by atoms with Crippen LogP contribution in [0.15, 0.2) is 18.2 Å². The van der Waals surface area contributed by atoms with Gasteiger partial charge in [-0.05, 0) is 43.7 Å². The molecule has 1 aromatic carbocycles. The molecule has 0 saturated heterocycles. The molecular formula is C11H14F3NO. The van der Waals surface area contributed by atoms with Gasteiger partial charge in [0.1, 0.15) is 5.75 Å². The van der Waals surface area contributed by atoms with E-state index in [1.807, 2.05) is 0 Å². The maximum absolute atomic E-state index is 12.5. The first kappa shape index (κ1) is 12.8. The molecule has 90 valence electrons. The van der Waals surface area contributed by atoms with Gasteiger partial charge in [0.15, 0.2) is 0 Å². The Kier molecular flexibility index (Phi) is 4.18. The minimum Gasteiger partial charge on any atom is -0.494 e. The summed E-state index contributed by atoms with van der Waals surface area (Å²) in [4.78, 5) is 0. The van der Waals surface area contributed by atoms with Gasteiger partial charge in [0.05, 0.1) is 12.2 Å². The number of hydrogen-bond acceptors (Lipinski definition) is 2. The summed E-state index contributed by atoms with van der Waals surface area (Å²) in [6.07, 6.45) is -3.95. The summed E-state index contributed by atoms with van der Waals surface area (Å²) in [6, 6.07) is 3.46. The zero-order chi connectivity index (χ0) is 12.2. The van der Waals surface area contributed by atoms with Crippen molar-refractivity contribution in [3.8, 4) is 5.75 Å². The summed E-state index contributed by atoms with van der Waals surface area (Å²) >= 11 is 0. The van der Waals surface area contributed by atoms with Crippen LogP contribution in [0.3, 0.4) is 0 Å². The van der Waals surface area contributed by atoms with Crippen molar-refractivity contribution in [2.75, 3.05) is 13.2 Å². The van der Waals surface area contributed by atoms with Gasteiger partial charge in [-0.25, -0.2) is 0 Å². The van der Waals surface area contributed by atoms with Crippen LogP contribution in [0.5, 0.6) is 5.75 Å². The molecule has 0 bridgehead atoms. The second-order valence-corrected chi connectivity index (χ2v) is 3.29. The smallest absolute Gasteiger partial charge is 0.416 e. The predicted octanol–water partition coefficient (Wildman–Crippen LogP) is 2.61. The van der Waals surface area contributed by atoms with Gasteiger partial charge < -0.3 is 10.5 Å². The Hall–Kier alpha value is -1.23. The first-order valence-electron chi connectivity index (χ1n) is 5.02. The molecule has 1 aromatic rings. The highest BCUT2D eigenvalue weighted by atomic mass is 19.4. The summed E-state index contributed by atoms with van der Waals surface area (Å²) in [7, 11) is 0. The molecule has 0 fully saturated rings. The Balaban J connectivity index is 3.06.